The summed E-state index contributed by atoms with van der Waals surface area (Å²) in [5, 5.41) is 2.78. The van der Waals surface area contributed by atoms with Gasteiger partial charge in [0.1, 0.15) is 6.54 Å². The number of amides is 3. The fourth-order valence-electron chi connectivity index (χ4n) is 3.24. The van der Waals surface area contributed by atoms with Gasteiger partial charge in [-0.2, -0.15) is 0 Å². The van der Waals surface area contributed by atoms with Crippen LogP contribution in [-0.4, -0.2) is 49.0 Å². The van der Waals surface area contributed by atoms with E-state index in [-0.39, 0.29) is 30.4 Å². The molecule has 1 saturated heterocycles. The van der Waals surface area contributed by atoms with Gasteiger partial charge in [-0.3, -0.25) is 9.59 Å². The first kappa shape index (κ1) is 17.7. The van der Waals surface area contributed by atoms with Crippen LogP contribution in [0.3, 0.4) is 0 Å². The molecule has 0 aliphatic carbocycles. The van der Waals surface area contributed by atoms with Gasteiger partial charge in [-0.1, -0.05) is 15.9 Å². The third kappa shape index (κ3) is 3.78. The number of nitrogens with zero attached hydrogens (tertiary/aromatic N) is 2. The number of fused-ring (bicyclic) bond motifs is 1. The van der Waals surface area contributed by atoms with Gasteiger partial charge in [0.15, 0.2) is 0 Å². The van der Waals surface area contributed by atoms with Crippen molar-refractivity contribution in [3.63, 3.8) is 0 Å². The Bertz CT molecular complexity index is 709. The minimum absolute atomic E-state index is 0.0105. The SMILES string of the molecule is CCOC(=O)N1CCC[C@@H](C(=O)N2CC(=O)Nc3cc(Br)ccc32)C1. The molecule has 3 amide bonds. The van der Waals surface area contributed by atoms with E-state index in [1.165, 1.54) is 4.90 Å². The van der Waals surface area contributed by atoms with Gasteiger partial charge in [0.25, 0.3) is 0 Å². The Kier molecular flexibility index (Phi) is 5.27. The minimum atomic E-state index is -0.388. The van der Waals surface area contributed by atoms with Crippen molar-refractivity contribution in [1.82, 2.24) is 4.90 Å². The number of carbonyl (C=O) groups excluding carboxylic acids is 3. The Morgan fingerprint density at radius 3 is 2.96 bits per heavy atom. The molecule has 0 spiro atoms. The van der Waals surface area contributed by atoms with E-state index in [0.717, 1.165) is 10.9 Å². The highest BCUT2D eigenvalue weighted by atomic mass is 79.9. The molecule has 2 aliphatic rings. The molecule has 0 bridgehead atoms. The maximum absolute atomic E-state index is 13.0. The number of piperidine rings is 1. The van der Waals surface area contributed by atoms with Crippen LogP contribution in [0.5, 0.6) is 0 Å². The molecule has 0 saturated carbocycles. The smallest absolute Gasteiger partial charge is 0.409 e. The van der Waals surface area contributed by atoms with Crippen LogP contribution in [0, 0.1) is 5.92 Å². The second-order valence-corrected chi connectivity index (χ2v) is 7.03. The molecule has 8 heteroatoms. The van der Waals surface area contributed by atoms with E-state index in [0.29, 0.717) is 37.5 Å². The zero-order valence-electron chi connectivity index (χ0n) is 14.0. The van der Waals surface area contributed by atoms with Crippen LogP contribution in [0.1, 0.15) is 19.8 Å². The molecule has 0 aromatic heterocycles. The minimum Gasteiger partial charge on any atom is -0.450 e. The highest BCUT2D eigenvalue weighted by molar-refractivity contribution is 9.10. The molecule has 25 heavy (non-hydrogen) atoms. The first-order valence-electron chi connectivity index (χ1n) is 8.32. The lowest BCUT2D eigenvalue weighted by atomic mass is 9.96. The monoisotopic (exact) mass is 409 g/mol. The molecule has 7 nitrogen and oxygen atoms in total. The lowest BCUT2D eigenvalue weighted by molar-refractivity contribution is -0.125. The van der Waals surface area contributed by atoms with Crippen molar-refractivity contribution in [2.75, 3.05) is 36.5 Å². The molecule has 1 N–H and O–H groups in total. The normalized spacial score (nSPS) is 19.9. The Morgan fingerprint density at radius 2 is 2.20 bits per heavy atom. The molecule has 0 radical (unpaired) electrons. The summed E-state index contributed by atoms with van der Waals surface area (Å²) in [6, 6.07) is 5.42. The van der Waals surface area contributed by atoms with E-state index in [4.69, 9.17) is 4.74 Å². The van der Waals surface area contributed by atoms with Gasteiger partial charge < -0.3 is 19.9 Å². The van der Waals surface area contributed by atoms with Crippen molar-refractivity contribution in [2.45, 2.75) is 19.8 Å². The van der Waals surface area contributed by atoms with E-state index >= 15 is 0 Å². The van der Waals surface area contributed by atoms with E-state index in [1.807, 2.05) is 12.1 Å². The van der Waals surface area contributed by atoms with Crippen LogP contribution in [0.25, 0.3) is 0 Å². The molecule has 1 aromatic carbocycles. The van der Waals surface area contributed by atoms with Crippen LogP contribution in [-0.2, 0) is 14.3 Å². The van der Waals surface area contributed by atoms with Crippen LogP contribution < -0.4 is 10.2 Å². The summed E-state index contributed by atoms with van der Waals surface area (Å²) in [4.78, 5) is 40.0. The van der Waals surface area contributed by atoms with Crippen molar-refractivity contribution in [3.8, 4) is 0 Å². The van der Waals surface area contributed by atoms with Gasteiger partial charge in [0.05, 0.1) is 23.9 Å². The van der Waals surface area contributed by atoms with Crippen LogP contribution >= 0.6 is 15.9 Å². The van der Waals surface area contributed by atoms with Gasteiger partial charge in [0.2, 0.25) is 11.8 Å². The predicted molar refractivity (Wildman–Crippen MR) is 96.4 cm³/mol. The van der Waals surface area contributed by atoms with Crippen LogP contribution in [0.15, 0.2) is 22.7 Å². The number of likely N-dealkylation sites (tertiary alicyclic amines) is 1. The lowest BCUT2D eigenvalue weighted by Crippen LogP contribution is -2.50. The van der Waals surface area contributed by atoms with E-state index in [1.54, 1.807) is 17.9 Å². The molecular weight excluding hydrogens is 390 g/mol. The Morgan fingerprint density at radius 1 is 1.40 bits per heavy atom. The van der Waals surface area contributed by atoms with E-state index < -0.39 is 0 Å². The summed E-state index contributed by atoms with van der Waals surface area (Å²) < 4.78 is 5.86. The van der Waals surface area contributed by atoms with Crippen molar-refractivity contribution in [2.24, 2.45) is 5.92 Å². The molecule has 2 aliphatic heterocycles. The first-order valence-corrected chi connectivity index (χ1v) is 9.11. The number of carbonyl (C=O) groups is 3. The summed E-state index contributed by atoms with van der Waals surface area (Å²) in [6.07, 6.45) is 1.04. The molecule has 134 valence electrons. The fourth-order valence-corrected chi connectivity index (χ4v) is 3.60. The van der Waals surface area contributed by atoms with Crippen molar-refractivity contribution < 1.29 is 19.1 Å². The number of rotatable bonds is 2. The molecular formula is C17H20BrN3O4. The maximum Gasteiger partial charge on any atom is 0.409 e. The van der Waals surface area contributed by atoms with Crippen LogP contribution in [0.4, 0.5) is 16.2 Å². The number of hydrogen-bond donors (Lipinski definition) is 1. The molecule has 1 fully saturated rings. The molecule has 2 heterocycles. The summed E-state index contributed by atoms with van der Waals surface area (Å²) >= 11 is 3.37. The Balaban J connectivity index is 1.79. The topological polar surface area (TPSA) is 79.0 Å². The molecule has 1 atom stereocenters. The fraction of sp³-hybridized carbons (Fsp3) is 0.471. The van der Waals surface area contributed by atoms with Crippen molar-refractivity contribution in [1.29, 1.82) is 0 Å². The Hall–Kier alpha value is -2.09. The second-order valence-electron chi connectivity index (χ2n) is 6.12. The summed E-state index contributed by atoms with van der Waals surface area (Å²) in [5.74, 6) is -0.690. The summed E-state index contributed by atoms with van der Waals surface area (Å²) in [7, 11) is 0. The van der Waals surface area contributed by atoms with Gasteiger partial charge in [-0.05, 0) is 38.0 Å². The highest BCUT2D eigenvalue weighted by Crippen LogP contribution is 2.34. The van der Waals surface area contributed by atoms with Crippen LogP contribution in [0.2, 0.25) is 0 Å². The zero-order valence-corrected chi connectivity index (χ0v) is 15.5. The highest BCUT2D eigenvalue weighted by Gasteiger charge is 2.35. The van der Waals surface area contributed by atoms with Gasteiger partial charge in [-0.15, -0.1) is 0 Å². The number of hydrogen-bond acceptors (Lipinski definition) is 4. The Labute approximate surface area is 154 Å². The number of anilines is 2. The standard InChI is InChI=1S/C17H20BrN3O4/c1-2-25-17(24)20-7-3-4-11(9-20)16(23)21-10-15(22)19-13-8-12(18)5-6-14(13)21/h5-6,8,11H,2-4,7,9-10H2,1H3,(H,19,22)/t11-/m1/s1. The lowest BCUT2D eigenvalue weighted by Gasteiger charge is -2.36. The quantitative estimate of drug-likeness (QED) is 0.813. The molecule has 1 aromatic rings. The largest absolute Gasteiger partial charge is 0.450 e. The molecule has 0 unspecified atom stereocenters. The van der Waals surface area contributed by atoms with Gasteiger partial charge in [-0.25, -0.2) is 4.79 Å². The van der Waals surface area contributed by atoms with E-state index in [9.17, 15) is 14.4 Å². The van der Waals surface area contributed by atoms with Crippen molar-refractivity contribution in [3.05, 3.63) is 22.7 Å². The number of nitrogens with one attached hydrogen (secondary N) is 1. The first-order chi connectivity index (χ1) is 12.0. The average molecular weight is 410 g/mol. The number of halogens is 1. The third-order valence-electron chi connectivity index (χ3n) is 4.39. The maximum atomic E-state index is 13.0. The van der Waals surface area contributed by atoms with Crippen molar-refractivity contribution >= 4 is 45.2 Å². The molecule has 3 rings (SSSR count). The number of benzene rings is 1. The van der Waals surface area contributed by atoms with Gasteiger partial charge >= 0.3 is 6.09 Å². The summed E-state index contributed by atoms with van der Waals surface area (Å²) in [5.41, 5.74) is 1.29. The third-order valence-corrected chi connectivity index (χ3v) is 4.88. The summed E-state index contributed by atoms with van der Waals surface area (Å²) in [6.45, 7) is 2.96. The average Bonchev–Trinajstić information content (AvgIpc) is 2.60. The van der Waals surface area contributed by atoms with E-state index in [2.05, 4.69) is 21.2 Å². The van der Waals surface area contributed by atoms with Gasteiger partial charge in [0, 0.05) is 17.6 Å². The zero-order chi connectivity index (χ0) is 18.0. The number of ether oxygens (including phenoxy) is 1. The predicted octanol–water partition coefficient (Wildman–Crippen LogP) is 2.60. The second kappa shape index (κ2) is 7.43.